The lowest BCUT2D eigenvalue weighted by Crippen LogP contribution is -2.26. The van der Waals surface area contributed by atoms with E-state index in [0.29, 0.717) is 6.61 Å². The summed E-state index contributed by atoms with van der Waals surface area (Å²) in [5.41, 5.74) is 4.18. The van der Waals surface area contributed by atoms with Gasteiger partial charge in [0.1, 0.15) is 11.4 Å². The minimum atomic E-state index is -0.481. The van der Waals surface area contributed by atoms with Crippen LogP contribution < -0.4 is 0 Å². The molecule has 1 nitrogen and oxygen atoms in total. The summed E-state index contributed by atoms with van der Waals surface area (Å²) in [6.45, 7) is 6.50. The molecule has 1 aliphatic rings. The van der Waals surface area contributed by atoms with Crippen LogP contribution in [-0.4, -0.2) is 0 Å². The van der Waals surface area contributed by atoms with Gasteiger partial charge in [0.05, 0.1) is 6.61 Å². The van der Waals surface area contributed by atoms with Crippen LogP contribution >= 0.6 is 0 Å². The second kappa shape index (κ2) is 5.45. The number of hydrogen-bond acceptors (Lipinski definition) is 1. The SMILES string of the molecule is C=CCCC1(c2ccc(F)cc2)OCc2cc(C)ccc21. The first kappa shape index (κ1) is 14.0. The Morgan fingerprint density at radius 1 is 1.24 bits per heavy atom. The summed E-state index contributed by atoms with van der Waals surface area (Å²) in [4.78, 5) is 0. The third-order valence-electron chi connectivity index (χ3n) is 4.18. The first-order chi connectivity index (χ1) is 10.2. The summed E-state index contributed by atoms with van der Waals surface area (Å²) in [5, 5.41) is 0. The second-order valence-corrected chi connectivity index (χ2v) is 5.61. The minimum absolute atomic E-state index is 0.222. The van der Waals surface area contributed by atoms with Crippen molar-refractivity contribution in [1.82, 2.24) is 0 Å². The number of ether oxygens (including phenoxy) is 1. The molecule has 0 spiro atoms. The molecule has 1 aliphatic heterocycles. The van der Waals surface area contributed by atoms with Gasteiger partial charge in [-0.05, 0) is 48.6 Å². The molecule has 0 fully saturated rings. The summed E-state index contributed by atoms with van der Waals surface area (Å²) in [6, 6.07) is 13.1. The Kier molecular flexibility index (Phi) is 3.64. The largest absolute Gasteiger partial charge is 0.361 e. The van der Waals surface area contributed by atoms with Crippen LogP contribution in [0.2, 0.25) is 0 Å². The number of halogens is 1. The quantitative estimate of drug-likeness (QED) is 0.727. The van der Waals surface area contributed by atoms with Crippen molar-refractivity contribution in [3.63, 3.8) is 0 Å². The summed E-state index contributed by atoms with van der Waals surface area (Å²) in [5.74, 6) is -0.222. The molecular formula is C19H19FO. The molecule has 0 saturated heterocycles. The highest BCUT2D eigenvalue weighted by atomic mass is 19.1. The molecule has 0 radical (unpaired) electrons. The maximum atomic E-state index is 13.2. The first-order valence-electron chi connectivity index (χ1n) is 7.26. The molecule has 0 aromatic heterocycles. The van der Waals surface area contributed by atoms with E-state index >= 15 is 0 Å². The van der Waals surface area contributed by atoms with E-state index in [0.717, 1.165) is 18.4 Å². The molecule has 108 valence electrons. The number of fused-ring (bicyclic) bond motifs is 1. The molecule has 0 saturated carbocycles. The van der Waals surface area contributed by atoms with Crippen molar-refractivity contribution >= 4 is 0 Å². The summed E-state index contributed by atoms with van der Waals surface area (Å²) in [7, 11) is 0. The third-order valence-corrected chi connectivity index (χ3v) is 4.18. The zero-order chi connectivity index (χ0) is 14.9. The number of hydrogen-bond donors (Lipinski definition) is 0. The van der Waals surface area contributed by atoms with Crippen molar-refractivity contribution in [2.75, 3.05) is 0 Å². The Bertz CT molecular complexity index is 660. The van der Waals surface area contributed by atoms with E-state index in [-0.39, 0.29) is 5.82 Å². The Labute approximate surface area is 125 Å². The van der Waals surface area contributed by atoms with Gasteiger partial charge in [0, 0.05) is 0 Å². The van der Waals surface area contributed by atoms with Crippen molar-refractivity contribution in [3.05, 3.63) is 83.2 Å². The molecular weight excluding hydrogens is 263 g/mol. The first-order valence-corrected chi connectivity index (χ1v) is 7.26. The van der Waals surface area contributed by atoms with Gasteiger partial charge < -0.3 is 4.74 Å². The van der Waals surface area contributed by atoms with Gasteiger partial charge in [-0.1, -0.05) is 42.0 Å². The summed E-state index contributed by atoms with van der Waals surface area (Å²) >= 11 is 0. The van der Waals surface area contributed by atoms with Crippen LogP contribution in [0.4, 0.5) is 4.39 Å². The molecule has 2 heteroatoms. The Hall–Kier alpha value is -1.93. The Morgan fingerprint density at radius 3 is 2.71 bits per heavy atom. The predicted molar refractivity (Wildman–Crippen MR) is 82.6 cm³/mol. The van der Waals surface area contributed by atoms with Gasteiger partial charge in [-0.3, -0.25) is 0 Å². The Morgan fingerprint density at radius 2 is 2.00 bits per heavy atom. The fraction of sp³-hybridized carbons (Fsp3) is 0.263. The van der Waals surface area contributed by atoms with E-state index < -0.39 is 5.60 Å². The van der Waals surface area contributed by atoms with Crippen molar-refractivity contribution < 1.29 is 9.13 Å². The molecule has 0 amide bonds. The predicted octanol–water partition coefficient (Wildman–Crippen LogP) is 4.87. The van der Waals surface area contributed by atoms with Gasteiger partial charge in [-0.2, -0.15) is 0 Å². The lowest BCUT2D eigenvalue weighted by Gasteiger charge is -2.30. The smallest absolute Gasteiger partial charge is 0.123 e. The van der Waals surface area contributed by atoms with Crippen LogP contribution in [0, 0.1) is 12.7 Å². The molecule has 21 heavy (non-hydrogen) atoms. The van der Waals surface area contributed by atoms with Gasteiger partial charge in [0.2, 0.25) is 0 Å². The van der Waals surface area contributed by atoms with Gasteiger partial charge in [-0.25, -0.2) is 4.39 Å². The van der Waals surface area contributed by atoms with Crippen LogP contribution in [-0.2, 0) is 16.9 Å². The van der Waals surface area contributed by atoms with E-state index in [2.05, 4.69) is 31.7 Å². The fourth-order valence-corrected chi connectivity index (χ4v) is 3.13. The van der Waals surface area contributed by atoms with E-state index in [4.69, 9.17) is 4.74 Å². The zero-order valence-electron chi connectivity index (χ0n) is 12.2. The molecule has 2 aromatic carbocycles. The normalized spacial score (nSPS) is 20.3. The van der Waals surface area contributed by atoms with Crippen molar-refractivity contribution in [2.24, 2.45) is 0 Å². The van der Waals surface area contributed by atoms with Crippen LogP contribution in [0.15, 0.2) is 55.1 Å². The monoisotopic (exact) mass is 282 g/mol. The van der Waals surface area contributed by atoms with Gasteiger partial charge >= 0.3 is 0 Å². The zero-order valence-corrected chi connectivity index (χ0v) is 12.2. The molecule has 2 aromatic rings. The van der Waals surface area contributed by atoms with Gasteiger partial charge in [0.25, 0.3) is 0 Å². The maximum absolute atomic E-state index is 13.2. The molecule has 1 unspecified atom stereocenters. The Balaban J connectivity index is 2.12. The van der Waals surface area contributed by atoms with Crippen LogP contribution in [0.25, 0.3) is 0 Å². The van der Waals surface area contributed by atoms with Crippen LogP contribution in [0.5, 0.6) is 0 Å². The van der Waals surface area contributed by atoms with Gasteiger partial charge in [0.15, 0.2) is 0 Å². The second-order valence-electron chi connectivity index (χ2n) is 5.61. The summed E-state index contributed by atoms with van der Waals surface area (Å²) < 4.78 is 19.5. The van der Waals surface area contributed by atoms with Crippen molar-refractivity contribution in [1.29, 1.82) is 0 Å². The standard InChI is InChI=1S/C19H19FO/c1-3-4-11-19(16-6-8-17(20)9-7-16)18-10-5-14(2)12-15(18)13-21-19/h3,5-10,12H,1,4,11,13H2,2H3. The molecule has 1 heterocycles. The van der Waals surface area contributed by atoms with Crippen LogP contribution in [0.1, 0.15) is 35.1 Å². The molecule has 1 atom stereocenters. The number of aryl methyl sites for hydroxylation is 1. The highest BCUT2D eigenvalue weighted by Gasteiger charge is 2.40. The fourth-order valence-electron chi connectivity index (χ4n) is 3.13. The summed E-state index contributed by atoms with van der Waals surface area (Å²) in [6.07, 6.45) is 3.57. The van der Waals surface area contributed by atoms with E-state index in [1.165, 1.54) is 28.8 Å². The minimum Gasteiger partial charge on any atom is -0.361 e. The van der Waals surface area contributed by atoms with Crippen molar-refractivity contribution in [2.45, 2.75) is 32.0 Å². The van der Waals surface area contributed by atoms with Gasteiger partial charge in [-0.15, -0.1) is 6.58 Å². The van der Waals surface area contributed by atoms with E-state index in [1.54, 1.807) is 0 Å². The van der Waals surface area contributed by atoms with Crippen molar-refractivity contribution in [3.8, 4) is 0 Å². The van der Waals surface area contributed by atoms with Crippen LogP contribution in [0.3, 0.4) is 0 Å². The van der Waals surface area contributed by atoms with E-state index in [1.807, 2.05) is 18.2 Å². The molecule has 0 N–H and O–H groups in total. The topological polar surface area (TPSA) is 9.23 Å². The average Bonchev–Trinajstić information content (AvgIpc) is 2.85. The molecule has 3 rings (SSSR count). The third kappa shape index (κ3) is 2.40. The van der Waals surface area contributed by atoms with E-state index in [9.17, 15) is 4.39 Å². The molecule has 0 aliphatic carbocycles. The number of allylic oxidation sites excluding steroid dienone is 1. The highest BCUT2D eigenvalue weighted by molar-refractivity contribution is 5.45. The maximum Gasteiger partial charge on any atom is 0.123 e. The molecule has 0 bridgehead atoms. The lowest BCUT2D eigenvalue weighted by atomic mass is 9.81. The number of benzene rings is 2. The highest BCUT2D eigenvalue weighted by Crippen LogP contribution is 2.45. The lowest BCUT2D eigenvalue weighted by molar-refractivity contribution is -0.0109. The average molecular weight is 282 g/mol. The number of rotatable bonds is 4.